The second kappa shape index (κ2) is 6.22. The summed E-state index contributed by atoms with van der Waals surface area (Å²) in [5.74, 6) is -0.346. The van der Waals surface area contributed by atoms with Gasteiger partial charge in [0.15, 0.2) is 11.6 Å². The number of benzene rings is 1. The first-order valence-electron chi connectivity index (χ1n) is 6.87. The maximum atomic E-state index is 13.3. The lowest BCUT2D eigenvalue weighted by atomic mass is 9.76. The molecule has 0 spiro atoms. The van der Waals surface area contributed by atoms with Gasteiger partial charge in [0.2, 0.25) is 0 Å². The molecule has 1 aromatic rings. The van der Waals surface area contributed by atoms with E-state index in [9.17, 15) is 14.3 Å². The quantitative estimate of drug-likeness (QED) is 0.869. The SMILES string of the molecule is CC[C@@H](NC(=O)c1ccc(F)c(OC)c1)C1CC(O)C1. The van der Waals surface area contributed by atoms with Crippen LogP contribution in [-0.2, 0) is 0 Å². The van der Waals surface area contributed by atoms with E-state index in [2.05, 4.69) is 5.32 Å². The van der Waals surface area contributed by atoms with Crippen molar-refractivity contribution in [1.29, 1.82) is 0 Å². The summed E-state index contributed by atoms with van der Waals surface area (Å²) < 4.78 is 18.2. The van der Waals surface area contributed by atoms with E-state index in [4.69, 9.17) is 4.74 Å². The fraction of sp³-hybridized carbons (Fsp3) is 0.533. The van der Waals surface area contributed by atoms with Gasteiger partial charge in [-0.25, -0.2) is 4.39 Å². The number of hydrogen-bond acceptors (Lipinski definition) is 3. The molecule has 1 aromatic carbocycles. The minimum Gasteiger partial charge on any atom is -0.494 e. The van der Waals surface area contributed by atoms with Crippen LogP contribution in [0.3, 0.4) is 0 Å². The Hall–Kier alpha value is -1.62. The Morgan fingerprint density at radius 1 is 1.55 bits per heavy atom. The summed E-state index contributed by atoms with van der Waals surface area (Å²) in [5, 5.41) is 12.3. The van der Waals surface area contributed by atoms with Crippen molar-refractivity contribution in [3.8, 4) is 5.75 Å². The summed E-state index contributed by atoms with van der Waals surface area (Å²) >= 11 is 0. The molecule has 1 atom stereocenters. The first-order valence-corrected chi connectivity index (χ1v) is 6.87. The molecule has 2 N–H and O–H groups in total. The summed E-state index contributed by atoms with van der Waals surface area (Å²) in [4.78, 5) is 12.2. The summed E-state index contributed by atoms with van der Waals surface area (Å²) in [6.45, 7) is 2.00. The Bertz CT molecular complexity index is 486. The zero-order valence-electron chi connectivity index (χ0n) is 11.7. The van der Waals surface area contributed by atoms with E-state index in [-0.39, 0.29) is 23.8 Å². The molecule has 0 heterocycles. The first kappa shape index (κ1) is 14.8. The molecule has 110 valence electrons. The number of ether oxygens (including phenoxy) is 1. The molecule has 1 saturated carbocycles. The van der Waals surface area contributed by atoms with Crippen molar-refractivity contribution in [2.45, 2.75) is 38.3 Å². The minimum atomic E-state index is -0.488. The molecule has 1 aliphatic rings. The van der Waals surface area contributed by atoms with Crippen molar-refractivity contribution >= 4 is 5.91 Å². The van der Waals surface area contributed by atoms with E-state index < -0.39 is 5.82 Å². The molecule has 1 aliphatic carbocycles. The van der Waals surface area contributed by atoms with Gasteiger partial charge in [0, 0.05) is 11.6 Å². The van der Waals surface area contributed by atoms with E-state index in [0.717, 1.165) is 19.3 Å². The van der Waals surface area contributed by atoms with Crippen molar-refractivity contribution in [2.75, 3.05) is 7.11 Å². The van der Waals surface area contributed by atoms with Gasteiger partial charge in [0.25, 0.3) is 5.91 Å². The molecule has 0 radical (unpaired) electrons. The molecule has 4 nitrogen and oxygen atoms in total. The number of halogens is 1. The lowest BCUT2D eigenvalue weighted by Crippen LogP contribution is -2.46. The number of rotatable bonds is 5. The van der Waals surface area contributed by atoms with Gasteiger partial charge in [-0.1, -0.05) is 6.92 Å². The van der Waals surface area contributed by atoms with Crippen LogP contribution >= 0.6 is 0 Å². The summed E-state index contributed by atoms with van der Waals surface area (Å²) in [5.41, 5.74) is 0.376. The second-order valence-electron chi connectivity index (χ2n) is 5.22. The molecule has 1 fully saturated rings. The first-order chi connectivity index (χ1) is 9.55. The third-order valence-electron chi connectivity index (χ3n) is 3.89. The number of hydrogen-bond donors (Lipinski definition) is 2. The van der Waals surface area contributed by atoms with Crippen LogP contribution in [0.2, 0.25) is 0 Å². The predicted octanol–water partition coefficient (Wildman–Crippen LogP) is 2.11. The Labute approximate surface area is 117 Å². The van der Waals surface area contributed by atoms with Crippen LogP contribution in [0.5, 0.6) is 5.75 Å². The summed E-state index contributed by atoms with van der Waals surface area (Å²) in [6, 6.07) is 4.10. The number of methoxy groups -OCH3 is 1. The number of carbonyl (C=O) groups excluding carboxylic acids is 1. The zero-order chi connectivity index (χ0) is 14.7. The fourth-order valence-corrected chi connectivity index (χ4v) is 2.56. The van der Waals surface area contributed by atoms with Gasteiger partial charge in [0.05, 0.1) is 13.2 Å². The van der Waals surface area contributed by atoms with Crippen molar-refractivity contribution < 1.29 is 19.0 Å². The van der Waals surface area contributed by atoms with Crippen LogP contribution in [0.1, 0.15) is 36.5 Å². The van der Waals surface area contributed by atoms with Crippen LogP contribution in [0.4, 0.5) is 4.39 Å². The molecule has 0 bridgehead atoms. The lowest BCUT2D eigenvalue weighted by molar-refractivity contribution is 0.0232. The molecule has 2 rings (SSSR count). The normalized spacial score (nSPS) is 22.8. The Morgan fingerprint density at radius 2 is 2.25 bits per heavy atom. The van der Waals surface area contributed by atoms with Crippen molar-refractivity contribution in [3.05, 3.63) is 29.6 Å². The zero-order valence-corrected chi connectivity index (χ0v) is 11.7. The Morgan fingerprint density at radius 3 is 2.80 bits per heavy atom. The lowest BCUT2D eigenvalue weighted by Gasteiger charge is -2.37. The Kier molecular flexibility index (Phi) is 4.60. The summed E-state index contributed by atoms with van der Waals surface area (Å²) in [6.07, 6.45) is 2.02. The number of carbonyl (C=O) groups is 1. The standard InChI is InChI=1S/C15H20FNO3/c1-3-13(10-6-11(18)7-10)17-15(19)9-4-5-12(16)14(8-9)20-2/h4-5,8,10-11,13,18H,3,6-7H2,1-2H3,(H,17,19)/t10?,11?,13-/m1/s1. The van der Waals surface area contributed by atoms with Gasteiger partial charge in [0.1, 0.15) is 0 Å². The van der Waals surface area contributed by atoms with Crippen LogP contribution in [0, 0.1) is 11.7 Å². The van der Waals surface area contributed by atoms with Gasteiger partial charge < -0.3 is 15.2 Å². The molecule has 5 heteroatoms. The molecule has 1 amide bonds. The molecule has 0 saturated heterocycles. The smallest absolute Gasteiger partial charge is 0.251 e. The number of nitrogens with one attached hydrogen (secondary N) is 1. The maximum Gasteiger partial charge on any atom is 0.251 e. The maximum absolute atomic E-state index is 13.3. The topological polar surface area (TPSA) is 58.6 Å². The van der Waals surface area contributed by atoms with E-state index in [0.29, 0.717) is 11.5 Å². The second-order valence-corrected chi connectivity index (χ2v) is 5.22. The highest BCUT2D eigenvalue weighted by molar-refractivity contribution is 5.94. The van der Waals surface area contributed by atoms with E-state index >= 15 is 0 Å². The molecule has 0 aromatic heterocycles. The number of amides is 1. The highest BCUT2D eigenvalue weighted by Gasteiger charge is 2.33. The molecule has 0 aliphatic heterocycles. The van der Waals surface area contributed by atoms with Crippen molar-refractivity contribution in [2.24, 2.45) is 5.92 Å². The molecular weight excluding hydrogens is 261 g/mol. The van der Waals surface area contributed by atoms with Crippen molar-refractivity contribution in [1.82, 2.24) is 5.32 Å². The summed E-state index contributed by atoms with van der Waals surface area (Å²) in [7, 11) is 1.37. The number of aliphatic hydroxyl groups excluding tert-OH is 1. The molecule has 0 unspecified atom stereocenters. The third-order valence-corrected chi connectivity index (χ3v) is 3.89. The Balaban J connectivity index is 2.03. The van der Waals surface area contributed by atoms with E-state index in [1.54, 1.807) is 0 Å². The van der Waals surface area contributed by atoms with Gasteiger partial charge >= 0.3 is 0 Å². The van der Waals surface area contributed by atoms with Crippen LogP contribution in [0.15, 0.2) is 18.2 Å². The fourth-order valence-electron chi connectivity index (χ4n) is 2.56. The van der Waals surface area contributed by atoms with Crippen molar-refractivity contribution in [3.63, 3.8) is 0 Å². The third kappa shape index (κ3) is 3.10. The molecular formula is C15H20FNO3. The monoisotopic (exact) mass is 281 g/mol. The minimum absolute atomic E-state index is 0.0435. The average molecular weight is 281 g/mol. The van der Waals surface area contributed by atoms with Gasteiger partial charge in [-0.2, -0.15) is 0 Å². The van der Waals surface area contributed by atoms with Gasteiger partial charge in [-0.3, -0.25) is 4.79 Å². The number of aliphatic hydroxyl groups is 1. The highest BCUT2D eigenvalue weighted by Crippen LogP contribution is 2.31. The van der Waals surface area contributed by atoms with Gasteiger partial charge in [-0.05, 0) is 43.4 Å². The highest BCUT2D eigenvalue weighted by atomic mass is 19.1. The van der Waals surface area contributed by atoms with Crippen LogP contribution < -0.4 is 10.1 Å². The van der Waals surface area contributed by atoms with E-state index in [1.807, 2.05) is 6.92 Å². The predicted molar refractivity (Wildman–Crippen MR) is 73.2 cm³/mol. The van der Waals surface area contributed by atoms with E-state index in [1.165, 1.54) is 25.3 Å². The van der Waals surface area contributed by atoms with Crippen LogP contribution in [0.25, 0.3) is 0 Å². The largest absolute Gasteiger partial charge is 0.494 e. The molecule has 20 heavy (non-hydrogen) atoms. The van der Waals surface area contributed by atoms with Gasteiger partial charge in [-0.15, -0.1) is 0 Å². The van der Waals surface area contributed by atoms with Crippen LogP contribution in [-0.4, -0.2) is 30.3 Å². The average Bonchev–Trinajstić information content (AvgIpc) is 2.42.